The zero-order chi connectivity index (χ0) is 14.2. The lowest BCUT2D eigenvalue weighted by atomic mass is 9.97. The summed E-state index contributed by atoms with van der Waals surface area (Å²) in [5.74, 6) is 1.11. The number of nitrogens with one attached hydrogen (secondary N) is 1. The summed E-state index contributed by atoms with van der Waals surface area (Å²) >= 11 is 0. The first kappa shape index (κ1) is 14.6. The summed E-state index contributed by atoms with van der Waals surface area (Å²) < 4.78 is 27.0. The van der Waals surface area contributed by atoms with Gasteiger partial charge in [0.05, 0.1) is 32.8 Å². The van der Waals surface area contributed by atoms with Crippen LogP contribution in [0.1, 0.15) is 39.5 Å². The van der Waals surface area contributed by atoms with Gasteiger partial charge in [0.25, 0.3) is 5.84 Å². The van der Waals surface area contributed by atoms with Gasteiger partial charge in [0, 0.05) is 11.8 Å². The van der Waals surface area contributed by atoms with Crippen LogP contribution in [-0.4, -0.2) is 48.9 Å². The van der Waals surface area contributed by atoms with Gasteiger partial charge in [0.1, 0.15) is 0 Å². The van der Waals surface area contributed by atoms with Crippen molar-refractivity contribution in [2.75, 3.05) is 32.8 Å². The molecule has 0 aromatic heterocycles. The van der Waals surface area contributed by atoms with Crippen LogP contribution in [0.2, 0.25) is 0 Å². The van der Waals surface area contributed by atoms with Crippen LogP contribution >= 0.6 is 7.60 Å². The van der Waals surface area contributed by atoms with Crippen LogP contribution in [-0.2, 0) is 13.6 Å². The molecule has 20 heavy (non-hydrogen) atoms. The number of rotatable bonds is 1. The van der Waals surface area contributed by atoms with Crippen LogP contribution in [0.15, 0.2) is 0 Å². The molecule has 6 heteroatoms. The SMILES string of the molecule is CC1(C)COP(=O)(C2CCCC[N+]3=C2NCCC3)OC1. The summed E-state index contributed by atoms with van der Waals surface area (Å²) in [6.07, 6.45) is 4.30. The maximum absolute atomic E-state index is 13.2. The van der Waals surface area contributed by atoms with Crippen molar-refractivity contribution in [3.8, 4) is 0 Å². The largest absolute Gasteiger partial charge is 0.345 e. The highest BCUT2D eigenvalue weighted by molar-refractivity contribution is 7.55. The van der Waals surface area contributed by atoms with Gasteiger partial charge in [0.2, 0.25) is 0 Å². The van der Waals surface area contributed by atoms with Gasteiger partial charge in [-0.1, -0.05) is 13.8 Å². The fourth-order valence-electron chi connectivity index (χ4n) is 3.15. The third-order valence-corrected chi connectivity index (χ3v) is 6.62. The minimum atomic E-state index is -3.03. The molecule has 0 amide bonds. The van der Waals surface area contributed by atoms with E-state index in [1.165, 1.54) is 0 Å². The highest BCUT2D eigenvalue weighted by atomic mass is 31.2. The molecule has 0 spiro atoms. The standard InChI is InChI=1S/C14H25N2O3P/c1-14(2)10-18-20(17,19-11-14)12-6-3-4-8-16-9-5-7-15-13(12)16/h12H,3-11H2,1-2H3/p+1. The number of amidine groups is 1. The molecule has 1 saturated heterocycles. The van der Waals surface area contributed by atoms with E-state index in [-0.39, 0.29) is 11.1 Å². The molecule has 0 bridgehead atoms. The topological polar surface area (TPSA) is 50.6 Å². The Balaban J connectivity index is 1.85. The Bertz CT molecular complexity index is 447. The van der Waals surface area contributed by atoms with Gasteiger partial charge in [-0.3, -0.25) is 14.5 Å². The van der Waals surface area contributed by atoms with Crippen molar-refractivity contribution in [1.29, 1.82) is 0 Å². The Morgan fingerprint density at radius 2 is 1.90 bits per heavy atom. The molecule has 1 unspecified atom stereocenters. The average molecular weight is 301 g/mol. The van der Waals surface area contributed by atoms with Gasteiger partial charge in [0.15, 0.2) is 5.66 Å². The fraction of sp³-hybridized carbons (Fsp3) is 0.929. The lowest BCUT2D eigenvalue weighted by molar-refractivity contribution is -0.534. The lowest BCUT2D eigenvalue weighted by Crippen LogP contribution is -2.47. The van der Waals surface area contributed by atoms with Crippen LogP contribution < -0.4 is 5.32 Å². The molecule has 114 valence electrons. The van der Waals surface area contributed by atoms with Crippen LogP contribution in [0.25, 0.3) is 0 Å². The van der Waals surface area contributed by atoms with E-state index >= 15 is 0 Å². The second-order valence-corrected chi connectivity index (χ2v) is 9.13. The summed E-state index contributed by atoms with van der Waals surface area (Å²) in [6, 6.07) is 0. The molecular weight excluding hydrogens is 275 g/mol. The highest BCUT2D eigenvalue weighted by Gasteiger charge is 2.49. The molecule has 3 aliphatic rings. The Morgan fingerprint density at radius 3 is 2.65 bits per heavy atom. The molecule has 0 aromatic carbocycles. The Kier molecular flexibility index (Phi) is 3.95. The van der Waals surface area contributed by atoms with Crippen molar-refractivity contribution in [3.63, 3.8) is 0 Å². The average Bonchev–Trinajstić information content (AvgIpc) is 2.65. The Hall–Kier alpha value is -0.380. The zero-order valence-electron chi connectivity index (χ0n) is 12.6. The summed E-state index contributed by atoms with van der Waals surface area (Å²) in [6.45, 7) is 8.30. The molecular formula is C14H26N2O3P+. The third-order valence-electron chi connectivity index (χ3n) is 4.38. The predicted octanol–water partition coefficient (Wildman–Crippen LogP) is 2.21. The Labute approximate surface area is 121 Å². The van der Waals surface area contributed by atoms with E-state index in [9.17, 15) is 4.57 Å². The minimum Gasteiger partial charge on any atom is -0.307 e. The maximum Gasteiger partial charge on any atom is 0.345 e. The van der Waals surface area contributed by atoms with E-state index in [4.69, 9.17) is 9.05 Å². The maximum atomic E-state index is 13.2. The van der Waals surface area contributed by atoms with Crippen molar-refractivity contribution in [2.24, 2.45) is 5.41 Å². The monoisotopic (exact) mass is 301 g/mol. The van der Waals surface area contributed by atoms with Crippen molar-refractivity contribution in [1.82, 2.24) is 5.32 Å². The van der Waals surface area contributed by atoms with Crippen LogP contribution in [0.4, 0.5) is 0 Å². The van der Waals surface area contributed by atoms with E-state index in [1.807, 2.05) is 0 Å². The fourth-order valence-corrected chi connectivity index (χ4v) is 5.70. The second kappa shape index (κ2) is 5.43. The Morgan fingerprint density at radius 1 is 1.20 bits per heavy atom. The number of hydrogen-bond donors (Lipinski definition) is 1. The van der Waals surface area contributed by atoms with Crippen molar-refractivity contribution in [2.45, 2.75) is 45.2 Å². The predicted molar refractivity (Wildman–Crippen MR) is 78.6 cm³/mol. The molecule has 1 fully saturated rings. The molecule has 0 saturated carbocycles. The van der Waals surface area contributed by atoms with Crippen molar-refractivity contribution < 1.29 is 18.2 Å². The van der Waals surface area contributed by atoms with Gasteiger partial charge in [-0.2, -0.15) is 0 Å². The molecule has 5 nitrogen and oxygen atoms in total. The summed E-state index contributed by atoms with van der Waals surface area (Å²) in [4.78, 5) is 0. The van der Waals surface area contributed by atoms with Gasteiger partial charge in [-0.05, 0) is 19.3 Å². The van der Waals surface area contributed by atoms with Gasteiger partial charge < -0.3 is 9.05 Å². The smallest absolute Gasteiger partial charge is 0.307 e. The third kappa shape index (κ3) is 2.81. The second-order valence-electron chi connectivity index (χ2n) is 6.92. The van der Waals surface area contributed by atoms with Crippen molar-refractivity contribution >= 4 is 13.4 Å². The molecule has 3 rings (SSSR count). The van der Waals surface area contributed by atoms with E-state index in [0.717, 1.165) is 51.2 Å². The normalized spacial score (nSPS) is 33.0. The first-order valence-corrected chi connectivity index (χ1v) is 9.36. The molecule has 1 atom stereocenters. The summed E-state index contributed by atoms with van der Waals surface area (Å²) in [5, 5.41) is 3.46. The minimum absolute atomic E-state index is 0.0387. The highest BCUT2D eigenvalue weighted by Crippen LogP contribution is 2.59. The molecule has 3 heterocycles. The molecule has 0 radical (unpaired) electrons. The zero-order valence-corrected chi connectivity index (χ0v) is 13.5. The van der Waals surface area contributed by atoms with Crippen LogP contribution in [0.3, 0.4) is 0 Å². The van der Waals surface area contributed by atoms with Crippen LogP contribution in [0.5, 0.6) is 0 Å². The van der Waals surface area contributed by atoms with Gasteiger partial charge in [-0.25, -0.2) is 0 Å². The van der Waals surface area contributed by atoms with E-state index in [1.54, 1.807) is 0 Å². The van der Waals surface area contributed by atoms with Gasteiger partial charge >= 0.3 is 7.60 Å². The lowest BCUT2D eigenvalue weighted by Gasteiger charge is -2.37. The van der Waals surface area contributed by atoms with Crippen molar-refractivity contribution in [3.05, 3.63) is 0 Å². The summed E-state index contributed by atoms with van der Waals surface area (Å²) in [5.41, 5.74) is -0.135. The van der Waals surface area contributed by atoms with Crippen LogP contribution in [0, 0.1) is 5.41 Å². The summed E-state index contributed by atoms with van der Waals surface area (Å²) in [7, 11) is -3.03. The molecule has 3 aliphatic heterocycles. The van der Waals surface area contributed by atoms with E-state index in [2.05, 4.69) is 23.7 Å². The van der Waals surface area contributed by atoms with E-state index < -0.39 is 7.60 Å². The molecule has 1 N–H and O–H groups in total. The van der Waals surface area contributed by atoms with E-state index in [0.29, 0.717) is 13.2 Å². The number of hydrogen-bond acceptors (Lipinski definition) is 4. The van der Waals surface area contributed by atoms with Gasteiger partial charge in [-0.15, -0.1) is 0 Å². The quantitative estimate of drug-likeness (QED) is 0.596. The first-order chi connectivity index (χ1) is 9.50. The number of nitrogens with zero attached hydrogens (tertiary/aromatic N) is 1. The first-order valence-electron chi connectivity index (χ1n) is 7.75. The molecule has 0 aromatic rings. The molecule has 0 aliphatic carbocycles.